The van der Waals surface area contributed by atoms with E-state index >= 15 is 0 Å². The molecule has 2 rings (SSSR count). The molecule has 0 N–H and O–H groups in total. The molecule has 0 amide bonds. The summed E-state index contributed by atoms with van der Waals surface area (Å²) in [7, 11) is 2.75. The van der Waals surface area contributed by atoms with Gasteiger partial charge in [-0.2, -0.15) is 0 Å². The van der Waals surface area contributed by atoms with Gasteiger partial charge in [-0.25, -0.2) is 0 Å². The van der Waals surface area contributed by atoms with Crippen LogP contribution in [0.4, 0.5) is 0 Å². The number of Topliss-reactive ketones (excluding diaryl/α,β-unsaturated/α-hetero) is 2. The number of ketones is 2. The van der Waals surface area contributed by atoms with Gasteiger partial charge in [-0.1, -0.05) is 48.1 Å². The Bertz CT molecular complexity index is 755. The molecule has 0 aliphatic heterocycles. The Morgan fingerprint density at radius 2 is 1.83 bits per heavy atom. The van der Waals surface area contributed by atoms with Gasteiger partial charge < -0.3 is 0 Å². The first-order chi connectivity index (χ1) is 10.7. The molecule has 0 aromatic heterocycles. The highest BCUT2D eigenvalue weighted by Gasteiger charge is 2.43. The van der Waals surface area contributed by atoms with Gasteiger partial charge in [0, 0.05) is 5.57 Å². The molecule has 1 aromatic carbocycles. The Balaban J connectivity index is 0.00000288. The van der Waals surface area contributed by atoms with E-state index in [0.29, 0.717) is 5.57 Å². The molecule has 0 spiro atoms. The second kappa shape index (κ2) is 8.18. The molecule has 1 unspecified atom stereocenters. The minimum Gasteiger partial charge on any atom is -0.289 e. The van der Waals surface area contributed by atoms with E-state index < -0.39 is 5.41 Å². The van der Waals surface area contributed by atoms with Gasteiger partial charge in [0.25, 0.3) is 0 Å². The van der Waals surface area contributed by atoms with Crippen LogP contribution in [-0.4, -0.2) is 11.6 Å². The summed E-state index contributed by atoms with van der Waals surface area (Å²) in [6.45, 7) is 7.39. The summed E-state index contributed by atoms with van der Waals surface area (Å²) in [5.74, 6) is -0.665. The highest BCUT2D eigenvalue weighted by atomic mass is 79.9. The van der Waals surface area contributed by atoms with Crippen LogP contribution in [0.3, 0.4) is 0 Å². The van der Waals surface area contributed by atoms with Crippen LogP contribution in [0.25, 0.3) is 0 Å². The fourth-order valence-corrected chi connectivity index (χ4v) is 3.10. The lowest BCUT2D eigenvalue weighted by Gasteiger charge is -2.17. The monoisotopic (exact) mass is 406 g/mol. The summed E-state index contributed by atoms with van der Waals surface area (Å²) in [4.78, 5) is 23.9. The summed E-state index contributed by atoms with van der Waals surface area (Å²) in [6, 6.07) is 8.24. The second-order valence-electron chi connectivity index (χ2n) is 6.51. The van der Waals surface area contributed by atoms with Crippen molar-refractivity contribution in [2.75, 3.05) is 0 Å². The average molecular weight is 407 g/mol. The van der Waals surface area contributed by atoms with Gasteiger partial charge in [0.1, 0.15) is 0 Å². The minimum atomic E-state index is -0.718. The third-order valence-electron chi connectivity index (χ3n) is 4.40. The van der Waals surface area contributed by atoms with E-state index in [1.54, 1.807) is 6.92 Å². The molecule has 2 nitrogen and oxygen atoms in total. The molecule has 1 atom stereocenters. The normalized spacial score (nSPS) is 17.6. The van der Waals surface area contributed by atoms with Gasteiger partial charge in [0.05, 0.1) is 5.41 Å². The topological polar surface area (TPSA) is 34.1 Å². The minimum absolute atomic E-state index is 0. The third-order valence-corrected chi connectivity index (χ3v) is 4.97. The molecular weight excluding hydrogens is 383 g/mol. The van der Waals surface area contributed by atoms with Crippen molar-refractivity contribution >= 4 is 43.1 Å². The summed E-state index contributed by atoms with van der Waals surface area (Å²) in [5.41, 5.74) is 3.06. The molecule has 0 saturated heterocycles. The van der Waals surface area contributed by atoms with E-state index in [2.05, 4.69) is 27.4 Å². The standard InChI is InChI=1S/C20H23O2P.BrH/c1-13(9-11-15-7-5-6-8-17(15)23)10-12-16-14(2)18(21)19(22)20(16,3)4;/h5-10,12H,11,23H2,1-4H3;1H. The van der Waals surface area contributed by atoms with Crippen molar-refractivity contribution in [3.05, 3.63) is 64.8 Å². The van der Waals surface area contributed by atoms with E-state index in [0.717, 1.165) is 17.6 Å². The lowest BCUT2D eigenvalue weighted by Crippen LogP contribution is -2.24. The molecule has 0 fully saturated rings. The fourth-order valence-electron chi connectivity index (χ4n) is 2.77. The Morgan fingerprint density at radius 3 is 2.38 bits per heavy atom. The van der Waals surface area contributed by atoms with E-state index in [1.807, 2.05) is 45.1 Å². The molecule has 1 aromatic rings. The maximum atomic E-state index is 12.0. The first kappa shape index (κ1) is 20.7. The van der Waals surface area contributed by atoms with Gasteiger partial charge >= 0.3 is 0 Å². The number of allylic oxidation sites excluding steroid dienone is 6. The maximum Gasteiger partial charge on any atom is 0.225 e. The summed E-state index contributed by atoms with van der Waals surface area (Å²) >= 11 is 0. The van der Waals surface area contributed by atoms with Gasteiger partial charge in [-0.15, -0.1) is 26.2 Å². The van der Waals surface area contributed by atoms with Crippen LogP contribution in [0.1, 0.15) is 33.3 Å². The van der Waals surface area contributed by atoms with Crippen molar-refractivity contribution in [3.8, 4) is 0 Å². The average Bonchev–Trinajstić information content (AvgIpc) is 2.65. The lowest BCUT2D eigenvalue weighted by molar-refractivity contribution is -0.137. The van der Waals surface area contributed by atoms with Gasteiger partial charge in [-0.3, -0.25) is 9.59 Å². The Kier molecular flexibility index (Phi) is 7.07. The Labute approximate surface area is 157 Å². The number of benzene rings is 1. The van der Waals surface area contributed by atoms with Gasteiger partial charge in [0.15, 0.2) is 0 Å². The molecule has 0 heterocycles. The number of hydrogen-bond acceptors (Lipinski definition) is 2. The quantitative estimate of drug-likeness (QED) is 0.424. The molecular formula is C20H24BrO2P. The predicted octanol–water partition coefficient (Wildman–Crippen LogP) is 4.30. The number of carbonyl (C=O) groups excluding carboxylic acids is 2. The van der Waals surface area contributed by atoms with Crippen molar-refractivity contribution in [2.24, 2.45) is 5.41 Å². The second-order valence-corrected chi connectivity index (χ2v) is 7.13. The fraction of sp³-hybridized carbons (Fsp3) is 0.300. The molecule has 0 bridgehead atoms. The Morgan fingerprint density at radius 1 is 1.21 bits per heavy atom. The zero-order valence-electron chi connectivity index (χ0n) is 14.6. The van der Waals surface area contributed by atoms with E-state index in [9.17, 15) is 9.59 Å². The van der Waals surface area contributed by atoms with Crippen molar-refractivity contribution in [1.29, 1.82) is 0 Å². The molecule has 24 heavy (non-hydrogen) atoms. The van der Waals surface area contributed by atoms with E-state index in [4.69, 9.17) is 0 Å². The SMILES string of the molecule is Br.CC(C=CC1=C(C)C(=O)C(=O)C1(C)C)=CCc1ccccc1P. The summed E-state index contributed by atoms with van der Waals surface area (Å²) in [5, 5.41) is 1.20. The molecule has 1 aliphatic carbocycles. The van der Waals surface area contributed by atoms with Crippen LogP contribution in [0, 0.1) is 5.41 Å². The zero-order valence-corrected chi connectivity index (χ0v) is 17.4. The first-order valence-electron chi connectivity index (χ1n) is 7.74. The summed E-state index contributed by atoms with van der Waals surface area (Å²) in [6.07, 6.45) is 6.91. The number of hydrogen-bond donors (Lipinski definition) is 0. The zero-order chi connectivity index (χ0) is 17.2. The van der Waals surface area contributed by atoms with Crippen molar-refractivity contribution in [3.63, 3.8) is 0 Å². The highest BCUT2D eigenvalue weighted by Crippen LogP contribution is 2.38. The van der Waals surface area contributed by atoms with Crippen LogP contribution >= 0.6 is 26.2 Å². The van der Waals surface area contributed by atoms with Gasteiger partial charge in [-0.05, 0) is 50.6 Å². The Hall–Kier alpha value is -1.31. The molecule has 128 valence electrons. The maximum absolute atomic E-state index is 12.0. The highest BCUT2D eigenvalue weighted by molar-refractivity contribution is 8.93. The van der Waals surface area contributed by atoms with Crippen LogP contribution in [0.5, 0.6) is 0 Å². The number of rotatable bonds is 4. The largest absolute Gasteiger partial charge is 0.289 e. The lowest BCUT2D eigenvalue weighted by atomic mass is 9.84. The van der Waals surface area contributed by atoms with Gasteiger partial charge in [0.2, 0.25) is 11.6 Å². The molecule has 0 saturated carbocycles. The van der Waals surface area contributed by atoms with Crippen molar-refractivity contribution in [1.82, 2.24) is 0 Å². The van der Waals surface area contributed by atoms with Crippen LogP contribution < -0.4 is 5.30 Å². The van der Waals surface area contributed by atoms with Crippen LogP contribution in [0.15, 0.2) is 59.2 Å². The molecule has 0 radical (unpaired) electrons. The van der Waals surface area contributed by atoms with Crippen LogP contribution in [-0.2, 0) is 16.0 Å². The predicted molar refractivity (Wildman–Crippen MR) is 109 cm³/mol. The third kappa shape index (κ3) is 4.20. The van der Waals surface area contributed by atoms with Crippen molar-refractivity contribution < 1.29 is 9.59 Å². The van der Waals surface area contributed by atoms with Crippen LogP contribution in [0.2, 0.25) is 0 Å². The first-order valence-corrected chi connectivity index (χ1v) is 8.31. The number of halogens is 1. The summed E-state index contributed by atoms with van der Waals surface area (Å²) < 4.78 is 0. The smallest absolute Gasteiger partial charge is 0.225 e. The molecule has 1 aliphatic rings. The molecule has 4 heteroatoms. The van der Waals surface area contributed by atoms with E-state index in [1.165, 1.54) is 10.9 Å². The van der Waals surface area contributed by atoms with E-state index in [-0.39, 0.29) is 28.5 Å². The van der Waals surface area contributed by atoms with Crippen molar-refractivity contribution in [2.45, 2.75) is 34.1 Å². The number of carbonyl (C=O) groups is 2.